The number of esters is 3. The molecule has 0 radical (unpaired) electrons. The van der Waals surface area contributed by atoms with Crippen molar-refractivity contribution in [3.05, 3.63) is 189 Å². The van der Waals surface area contributed by atoms with Gasteiger partial charge < -0.3 is 48.9 Å². The number of aliphatic carboxylic acids is 1. The van der Waals surface area contributed by atoms with Gasteiger partial charge in [0, 0.05) is 116 Å². The molecule has 10 fully saturated rings. The zero-order chi connectivity index (χ0) is 84.2. The number of amides is 5. The largest absolute Gasteiger partial charge is 0.508 e. The fraction of sp³-hybridized carbons (Fsp3) is 0.581. The van der Waals surface area contributed by atoms with Gasteiger partial charge in [-0.15, -0.1) is 0 Å². The van der Waals surface area contributed by atoms with Crippen molar-refractivity contribution < 1.29 is 77.4 Å². The highest BCUT2D eigenvalue weighted by molar-refractivity contribution is 5.90. The number of carboxylic acid groups (broad SMARTS) is 1. The number of nitrogens with zero attached hydrogens (tertiary/aromatic N) is 7. The summed E-state index contributed by atoms with van der Waals surface area (Å²) in [5.74, 6) is -1.04. The average molecular weight is 1610 g/mol. The van der Waals surface area contributed by atoms with Gasteiger partial charge in [0.1, 0.15) is 11.8 Å². The van der Waals surface area contributed by atoms with Crippen LogP contribution in [0.4, 0.5) is 0 Å². The van der Waals surface area contributed by atoms with Crippen molar-refractivity contribution in [1.29, 1.82) is 0 Å². The van der Waals surface area contributed by atoms with Gasteiger partial charge >= 0.3 is 23.9 Å². The Morgan fingerprint density at radius 2 is 0.695 bits per heavy atom. The van der Waals surface area contributed by atoms with Crippen molar-refractivity contribution >= 4 is 53.4 Å². The highest BCUT2D eigenvalue weighted by Crippen LogP contribution is 2.67. The molecule has 626 valence electrons. The molecule has 5 aromatic carbocycles. The number of aryl methyl sites for hydroxylation is 4. The van der Waals surface area contributed by atoms with Crippen LogP contribution in [-0.4, -0.2) is 165 Å². The van der Waals surface area contributed by atoms with Gasteiger partial charge in [-0.1, -0.05) is 136 Å². The zero-order valence-electron chi connectivity index (χ0n) is 69.8. The van der Waals surface area contributed by atoms with E-state index in [1.807, 2.05) is 47.6 Å². The number of carboxylic acids is 1. The minimum Gasteiger partial charge on any atom is -0.508 e. The number of aromatic hydroxyl groups is 1. The number of benzene rings is 5. The summed E-state index contributed by atoms with van der Waals surface area (Å²) < 4.78 is 15.1. The molecular weight excluding hydrogens is 1500 g/mol. The Morgan fingerprint density at radius 1 is 0.398 bits per heavy atom. The molecule has 0 aromatic heterocycles. The molecule has 21 atom stereocenters. The van der Waals surface area contributed by atoms with Gasteiger partial charge in [0.2, 0.25) is 42.6 Å². The first kappa shape index (κ1) is 81.7. The first-order valence-electron chi connectivity index (χ1n) is 42.6. The van der Waals surface area contributed by atoms with E-state index >= 15 is 0 Å². The highest BCUT2D eigenvalue weighted by Gasteiger charge is 2.71. The van der Waals surface area contributed by atoms with Gasteiger partial charge in [0.15, 0.2) is 0 Å². The molecule has 5 spiro atoms. The molecule has 5 saturated carbocycles. The van der Waals surface area contributed by atoms with E-state index in [4.69, 9.17) is 14.2 Å². The summed E-state index contributed by atoms with van der Waals surface area (Å²) in [7, 11) is 4.21. The van der Waals surface area contributed by atoms with E-state index in [-0.39, 0.29) is 176 Å². The molecule has 10 aliphatic heterocycles. The van der Waals surface area contributed by atoms with Crippen LogP contribution in [0.2, 0.25) is 0 Å². The summed E-state index contributed by atoms with van der Waals surface area (Å²) >= 11 is 0. The highest BCUT2D eigenvalue weighted by atomic mass is 16.6. The van der Waals surface area contributed by atoms with E-state index in [1.165, 1.54) is 71.4 Å². The lowest BCUT2D eigenvalue weighted by Gasteiger charge is -2.48. The second kappa shape index (κ2) is 30.0. The maximum atomic E-state index is 13.0. The van der Waals surface area contributed by atoms with E-state index in [2.05, 4.69) is 113 Å². The lowest BCUT2D eigenvalue weighted by molar-refractivity contribution is -0.491. The van der Waals surface area contributed by atoms with Crippen LogP contribution < -0.4 is 0 Å². The van der Waals surface area contributed by atoms with Crippen LogP contribution in [0.5, 0.6) is 5.75 Å². The summed E-state index contributed by atoms with van der Waals surface area (Å²) in [6, 6.07) is 30.4. The van der Waals surface area contributed by atoms with E-state index in [0.29, 0.717) is 45.1 Å². The van der Waals surface area contributed by atoms with Gasteiger partial charge in [-0.3, -0.25) is 58.6 Å². The van der Waals surface area contributed by atoms with Crippen molar-refractivity contribution in [1.82, 2.24) is 24.5 Å². The van der Waals surface area contributed by atoms with Crippen molar-refractivity contribution in [3.63, 3.8) is 0 Å². The molecule has 5 amide bonds. The molecule has 118 heavy (non-hydrogen) atoms. The molecule has 25 heteroatoms. The van der Waals surface area contributed by atoms with E-state index in [1.54, 1.807) is 17.0 Å². The Hall–Kier alpha value is -10.1. The van der Waals surface area contributed by atoms with Crippen molar-refractivity contribution in [2.24, 2.45) is 88.8 Å². The van der Waals surface area contributed by atoms with E-state index in [0.717, 1.165) is 98.8 Å². The number of methoxy groups -OCH3 is 3. The Balaban J connectivity index is 0.000000110. The minimum absolute atomic E-state index is 0.00815. The van der Waals surface area contributed by atoms with E-state index in [9.17, 15) is 73.6 Å². The maximum Gasteiger partial charge on any atom is 0.328 e. The van der Waals surface area contributed by atoms with Crippen LogP contribution in [0.3, 0.4) is 0 Å². The Morgan fingerprint density at radius 3 is 1.07 bits per heavy atom. The molecule has 15 aliphatic rings. The Kier molecular flexibility index (Phi) is 20.8. The number of phenols is 1. The fourth-order valence-electron chi connectivity index (χ4n) is 27.7. The summed E-state index contributed by atoms with van der Waals surface area (Å²) in [6.07, 6.45) is 9.76. The third-order valence-electron chi connectivity index (χ3n) is 31.7. The SMILES string of the molecule is COC(=O)[C@@H]1Cc2cc(C)ccc2[C@@]23C[C@H](C)[C@@H](C[N+](=O)[O-])[C@@H]2CC(=O)N13.COC(=O)[C@@H]1[C@@H](C)C[C@@]23c4ccc(C)cc4CCN2C(=O)C[C@@H]13.COC(=O)[C@@H]1[C@@H](C)C[C@@]23c4ccc(O)cc4CCN2C(=O)C[C@@H]13.Cc1ccc2c(c1)CCN1C(=O)C[C@H]3[C@H](C(=O)O)[C@@H](C)C[C@]231.Cc1ccc2c(c1)CCN1C(=O)C[C@H]3[C@H](C[N+](=O)[O-])[C@@H](C)C[C@]231. The zero-order valence-corrected chi connectivity index (χ0v) is 69.8. The number of phenolic OH excluding ortho intramolecular Hbond substituents is 1. The minimum atomic E-state index is -0.747. The van der Waals surface area contributed by atoms with E-state index < -0.39 is 35.0 Å². The quantitative estimate of drug-likeness (QED) is 0.0631. The number of carbonyl (C=O) groups is 9. The summed E-state index contributed by atoms with van der Waals surface area (Å²) in [4.78, 5) is 144. The number of fused-ring (bicyclic) bond motifs is 5. The van der Waals surface area contributed by atoms with Crippen LogP contribution in [-0.2, 0) is 117 Å². The normalized spacial score (nSPS) is 34.9. The average Bonchev–Trinajstić information content (AvgIpc) is 1.56. The smallest absolute Gasteiger partial charge is 0.328 e. The van der Waals surface area contributed by atoms with Crippen LogP contribution >= 0.6 is 0 Å². The number of ether oxygens (including phenoxy) is 3. The van der Waals surface area contributed by atoms with Crippen molar-refractivity contribution in [2.45, 2.75) is 192 Å². The Labute approximate surface area is 688 Å². The number of carbonyl (C=O) groups excluding carboxylic acids is 8. The predicted molar refractivity (Wildman–Crippen MR) is 432 cm³/mol. The number of rotatable bonds is 8. The molecule has 5 saturated heterocycles. The molecule has 2 N–H and O–H groups in total. The molecule has 5 aliphatic carbocycles. The van der Waals surface area contributed by atoms with Gasteiger partial charge in [0.05, 0.1) is 66.8 Å². The number of nitro groups is 2. The van der Waals surface area contributed by atoms with Crippen molar-refractivity contribution in [3.8, 4) is 5.75 Å². The first-order chi connectivity index (χ1) is 56.1. The summed E-state index contributed by atoms with van der Waals surface area (Å²) in [5.41, 5.74) is 14.8. The first-order valence-corrected chi connectivity index (χ1v) is 42.6. The molecule has 25 nitrogen and oxygen atoms in total. The fourth-order valence-corrected chi connectivity index (χ4v) is 27.7. The van der Waals surface area contributed by atoms with Crippen LogP contribution in [0, 0.1) is 137 Å². The third-order valence-corrected chi connectivity index (χ3v) is 31.7. The van der Waals surface area contributed by atoms with Gasteiger partial charge in [-0.25, -0.2) is 4.79 Å². The summed E-state index contributed by atoms with van der Waals surface area (Å²) in [6.45, 7) is 21.4. The molecule has 0 bridgehead atoms. The summed E-state index contributed by atoms with van der Waals surface area (Å²) in [5, 5.41) is 41.9. The molecular formula is C93H111N7O18. The van der Waals surface area contributed by atoms with Gasteiger partial charge in [-0.05, 0) is 183 Å². The topological polar surface area (TPSA) is 324 Å². The maximum absolute atomic E-state index is 13.0. The van der Waals surface area contributed by atoms with Crippen LogP contribution in [0.25, 0.3) is 0 Å². The van der Waals surface area contributed by atoms with Crippen LogP contribution in [0.1, 0.15) is 177 Å². The monoisotopic (exact) mass is 1610 g/mol. The second-order valence-corrected chi connectivity index (χ2v) is 37.6. The second-order valence-electron chi connectivity index (χ2n) is 37.6. The van der Waals surface area contributed by atoms with Gasteiger partial charge in [-0.2, -0.15) is 0 Å². The third kappa shape index (κ3) is 12.3. The number of hydrogen-bond donors (Lipinski definition) is 2. The number of hydrogen-bond acceptors (Lipinski definition) is 17. The predicted octanol–water partition coefficient (Wildman–Crippen LogP) is 11.2. The lowest BCUT2D eigenvalue weighted by atomic mass is 9.72. The molecule has 5 aromatic rings. The van der Waals surface area contributed by atoms with Crippen molar-refractivity contribution in [2.75, 3.05) is 60.6 Å². The Bertz CT molecular complexity index is 4920. The molecule has 20 rings (SSSR count). The molecule has 0 unspecified atom stereocenters. The lowest BCUT2D eigenvalue weighted by Crippen LogP contribution is -2.57. The van der Waals surface area contributed by atoms with Gasteiger partial charge in [0.25, 0.3) is 0 Å². The molecule has 10 heterocycles. The standard InChI is InChI=1S/C20H24N2O5.C19H23NO3.C18H22N2O3.C18H21NO4.C18H21NO3/c1-11-4-5-15-13(6-11)7-17(19(24)27-3)22-18(23)8-16-14(10-21(25)26)12(2)9-20(15,16)22;1-11-4-5-14-13(8-11)6-7-20-16(21)9-15-17(18(22)23-3)12(2)10-19(14,15)20;1-11-3-4-15-13(7-11)5-6-19-17(21)8-16-14(10-20(22)23)12(2)9-18(15,16)19;1-10-9-18-13-4-3-12(20)7-11(13)5-6-19(18)15(21)8-14(18)16(10)17(22)23-2;1-10-3-4-13-12(7-10)5-6-19-15(20)8-14-16(17(21)22)11(2)9-18(13,14)19/h4-6,12,14,16-17H,7-10H2,1-3H3;4-5,8,12,15,17H,6-7,9-10H2,1-3H3;3-4,7,12,14,16H,5-6,8-10H2,1-2H3;3-4,7,10,14,16,20H,5-6,8-9H2,1-2H3;3-4,7,11,14,16H,5-6,8-9H2,1-2H3,(H,21,22)/t12-,14+,16-,17-,20-;12-,15-,17+,19-;12-,14+,16-,18-;10-,14-,16+,18-;11-,14-,16+,18-/m00000/s1. The van der Waals surface area contributed by atoms with Crippen LogP contribution in [0.15, 0.2) is 91.0 Å².